The zero-order valence-electron chi connectivity index (χ0n) is 11.3. The molecule has 1 rings (SSSR count). The van der Waals surface area contributed by atoms with E-state index < -0.39 is 24.4 Å². The molecular weight excluding hydrogens is 280 g/mol. The summed E-state index contributed by atoms with van der Waals surface area (Å²) >= 11 is 0. The molecule has 0 aromatic carbocycles. The van der Waals surface area contributed by atoms with Gasteiger partial charge in [-0.3, -0.25) is 0 Å². The number of hydrogen-bond donors (Lipinski definition) is 2. The van der Waals surface area contributed by atoms with Gasteiger partial charge in [-0.05, 0) is 0 Å². The van der Waals surface area contributed by atoms with E-state index >= 15 is 0 Å². The van der Waals surface area contributed by atoms with Crippen molar-refractivity contribution >= 4 is 5.82 Å². The Kier molecular flexibility index (Phi) is 4.74. The number of alkyl halides is 4. The molecule has 1 heterocycles. The number of hydrogen-bond acceptors (Lipinski definition) is 5. The molecule has 0 fully saturated rings. The van der Waals surface area contributed by atoms with Gasteiger partial charge in [0.25, 0.3) is 0 Å². The van der Waals surface area contributed by atoms with Crippen LogP contribution in [0.25, 0.3) is 0 Å². The van der Waals surface area contributed by atoms with Crippen LogP contribution in [0.5, 0.6) is 5.88 Å². The number of nitrogens with two attached hydrogens (primary N) is 1. The Morgan fingerprint density at radius 3 is 2.35 bits per heavy atom. The van der Waals surface area contributed by atoms with Crippen LogP contribution in [0.2, 0.25) is 0 Å². The average Bonchev–Trinajstić information content (AvgIpc) is 2.34. The highest BCUT2D eigenvalue weighted by Gasteiger charge is 2.42. The molecule has 0 aliphatic heterocycles. The molecule has 0 unspecified atom stereocenters. The molecule has 0 atom stereocenters. The SMILES string of the molecule is CC(C)(C)c1nc(NN)cc(OCC(F)(F)C(F)F)n1. The van der Waals surface area contributed by atoms with E-state index in [2.05, 4.69) is 20.1 Å². The molecule has 5 nitrogen and oxygen atoms in total. The molecule has 0 saturated carbocycles. The second kappa shape index (κ2) is 5.78. The van der Waals surface area contributed by atoms with Crippen molar-refractivity contribution in [1.82, 2.24) is 9.97 Å². The fraction of sp³-hybridized carbons (Fsp3) is 0.636. The second-order valence-corrected chi connectivity index (χ2v) is 5.16. The molecule has 0 aliphatic rings. The van der Waals surface area contributed by atoms with Crippen LogP contribution in [0.1, 0.15) is 26.6 Å². The van der Waals surface area contributed by atoms with E-state index in [0.29, 0.717) is 0 Å². The summed E-state index contributed by atoms with van der Waals surface area (Å²) in [7, 11) is 0. The Labute approximate surface area is 113 Å². The quantitative estimate of drug-likeness (QED) is 0.495. The third kappa shape index (κ3) is 4.19. The first-order valence-corrected chi connectivity index (χ1v) is 5.71. The third-order valence-electron chi connectivity index (χ3n) is 2.25. The summed E-state index contributed by atoms with van der Waals surface area (Å²) in [5, 5.41) is 0. The van der Waals surface area contributed by atoms with Crippen LogP contribution < -0.4 is 16.0 Å². The number of nitrogens with zero attached hydrogens (tertiary/aromatic N) is 2. The van der Waals surface area contributed by atoms with E-state index in [0.717, 1.165) is 6.07 Å². The molecule has 1 aromatic rings. The molecule has 0 spiro atoms. The van der Waals surface area contributed by atoms with E-state index in [9.17, 15) is 17.6 Å². The highest BCUT2D eigenvalue weighted by atomic mass is 19.3. The van der Waals surface area contributed by atoms with Gasteiger partial charge < -0.3 is 10.2 Å². The van der Waals surface area contributed by atoms with Crippen LogP contribution in [-0.4, -0.2) is 28.9 Å². The van der Waals surface area contributed by atoms with E-state index in [-0.39, 0.29) is 17.5 Å². The van der Waals surface area contributed by atoms with Gasteiger partial charge in [-0.15, -0.1) is 0 Å². The summed E-state index contributed by atoms with van der Waals surface area (Å²) in [5.41, 5.74) is 1.74. The van der Waals surface area contributed by atoms with Crippen molar-refractivity contribution in [2.75, 3.05) is 12.0 Å². The van der Waals surface area contributed by atoms with Gasteiger partial charge in [-0.1, -0.05) is 20.8 Å². The molecule has 0 radical (unpaired) electrons. The molecule has 0 aliphatic carbocycles. The van der Waals surface area contributed by atoms with Crippen molar-refractivity contribution in [3.63, 3.8) is 0 Å². The van der Waals surface area contributed by atoms with Crippen LogP contribution in [0, 0.1) is 0 Å². The Morgan fingerprint density at radius 2 is 1.90 bits per heavy atom. The molecule has 9 heteroatoms. The Hall–Kier alpha value is -1.64. The lowest BCUT2D eigenvalue weighted by Crippen LogP contribution is -2.34. The molecule has 114 valence electrons. The summed E-state index contributed by atoms with van der Waals surface area (Å²) in [6, 6.07) is 1.15. The van der Waals surface area contributed by atoms with Crippen molar-refractivity contribution < 1.29 is 22.3 Å². The maximum Gasteiger partial charge on any atom is 0.340 e. The Bertz CT molecular complexity index is 462. The minimum Gasteiger partial charge on any atom is -0.471 e. The number of hydrazine groups is 1. The lowest BCUT2D eigenvalue weighted by atomic mass is 9.96. The minimum atomic E-state index is -4.25. The van der Waals surface area contributed by atoms with E-state index in [4.69, 9.17) is 5.84 Å². The predicted molar refractivity (Wildman–Crippen MR) is 65.0 cm³/mol. The predicted octanol–water partition coefficient (Wildman–Crippen LogP) is 2.34. The number of anilines is 1. The first kappa shape index (κ1) is 16.4. The number of rotatable bonds is 5. The topological polar surface area (TPSA) is 73.1 Å². The maximum atomic E-state index is 12.8. The first-order valence-electron chi connectivity index (χ1n) is 5.71. The highest BCUT2D eigenvalue weighted by molar-refractivity contribution is 5.38. The number of aromatic nitrogens is 2. The average molecular weight is 296 g/mol. The summed E-state index contributed by atoms with van der Waals surface area (Å²) < 4.78 is 54.3. The second-order valence-electron chi connectivity index (χ2n) is 5.16. The number of ether oxygens (including phenoxy) is 1. The van der Waals surface area contributed by atoms with Crippen LogP contribution in [0.3, 0.4) is 0 Å². The zero-order chi connectivity index (χ0) is 15.6. The lowest BCUT2D eigenvalue weighted by molar-refractivity contribution is -0.148. The third-order valence-corrected chi connectivity index (χ3v) is 2.25. The molecule has 3 N–H and O–H groups in total. The van der Waals surface area contributed by atoms with Crippen LogP contribution >= 0.6 is 0 Å². The maximum absolute atomic E-state index is 12.8. The molecule has 1 aromatic heterocycles. The van der Waals surface area contributed by atoms with Crippen molar-refractivity contribution in [2.24, 2.45) is 5.84 Å². The van der Waals surface area contributed by atoms with Crippen LogP contribution in [0.15, 0.2) is 6.07 Å². The van der Waals surface area contributed by atoms with Gasteiger partial charge in [-0.25, -0.2) is 19.6 Å². The van der Waals surface area contributed by atoms with Gasteiger partial charge in [0.1, 0.15) is 11.6 Å². The van der Waals surface area contributed by atoms with Gasteiger partial charge in [0.05, 0.1) is 0 Å². The zero-order valence-corrected chi connectivity index (χ0v) is 11.3. The number of nitrogen functional groups attached to an aromatic ring is 1. The van der Waals surface area contributed by atoms with E-state index in [1.165, 1.54) is 0 Å². The van der Waals surface area contributed by atoms with Crippen molar-refractivity contribution in [3.05, 3.63) is 11.9 Å². The molecule has 0 amide bonds. The van der Waals surface area contributed by atoms with Crippen LogP contribution in [-0.2, 0) is 5.41 Å². The summed E-state index contributed by atoms with van der Waals surface area (Å²) in [5.74, 6) is 1.12. The summed E-state index contributed by atoms with van der Waals surface area (Å²) in [6.07, 6.45) is -3.81. The first-order chi connectivity index (χ1) is 9.06. The van der Waals surface area contributed by atoms with Gasteiger partial charge in [0.2, 0.25) is 5.88 Å². The summed E-state index contributed by atoms with van der Waals surface area (Å²) in [4.78, 5) is 7.95. The fourth-order valence-electron chi connectivity index (χ4n) is 1.14. The largest absolute Gasteiger partial charge is 0.471 e. The van der Waals surface area contributed by atoms with Crippen LogP contribution in [0.4, 0.5) is 23.4 Å². The van der Waals surface area contributed by atoms with Crippen molar-refractivity contribution in [2.45, 2.75) is 38.5 Å². The monoisotopic (exact) mass is 296 g/mol. The lowest BCUT2D eigenvalue weighted by Gasteiger charge is -2.19. The smallest absolute Gasteiger partial charge is 0.340 e. The molecule has 20 heavy (non-hydrogen) atoms. The van der Waals surface area contributed by atoms with Gasteiger partial charge in [-0.2, -0.15) is 13.8 Å². The molecular formula is C11H16F4N4O. The van der Waals surface area contributed by atoms with E-state index in [1.54, 1.807) is 20.8 Å². The van der Waals surface area contributed by atoms with Gasteiger partial charge >= 0.3 is 12.3 Å². The van der Waals surface area contributed by atoms with Gasteiger partial charge in [0.15, 0.2) is 6.61 Å². The highest BCUT2D eigenvalue weighted by Crippen LogP contribution is 2.26. The molecule has 0 saturated heterocycles. The number of halogens is 4. The Morgan fingerprint density at radius 1 is 1.30 bits per heavy atom. The summed E-state index contributed by atoms with van der Waals surface area (Å²) in [6.45, 7) is 3.90. The van der Waals surface area contributed by atoms with Crippen molar-refractivity contribution in [1.29, 1.82) is 0 Å². The van der Waals surface area contributed by atoms with Crippen molar-refractivity contribution in [3.8, 4) is 5.88 Å². The fourth-order valence-corrected chi connectivity index (χ4v) is 1.14. The standard InChI is InChI=1S/C11H16F4N4O/c1-10(2,3)9-17-6(19-16)4-7(18-9)20-5-11(14,15)8(12)13/h4,8H,5,16H2,1-3H3,(H,17,18,19). The molecule has 0 bridgehead atoms. The Balaban J connectivity index is 2.96. The van der Waals surface area contributed by atoms with Gasteiger partial charge in [0, 0.05) is 11.5 Å². The normalized spacial score (nSPS) is 12.7. The number of nitrogens with one attached hydrogen (secondary N) is 1. The van der Waals surface area contributed by atoms with E-state index in [1.807, 2.05) is 0 Å². The minimum absolute atomic E-state index is 0.139.